The van der Waals surface area contributed by atoms with Crippen molar-refractivity contribution in [2.24, 2.45) is 0 Å². The number of aryl methyl sites for hydroxylation is 1. The molecule has 2 aromatic carbocycles. The van der Waals surface area contributed by atoms with Crippen molar-refractivity contribution >= 4 is 23.2 Å². The Kier molecular flexibility index (Phi) is 6.98. The van der Waals surface area contributed by atoms with Gasteiger partial charge in [0.25, 0.3) is 0 Å². The van der Waals surface area contributed by atoms with Crippen molar-refractivity contribution in [2.75, 3.05) is 19.1 Å². The van der Waals surface area contributed by atoms with Crippen LogP contribution in [-0.4, -0.2) is 44.8 Å². The van der Waals surface area contributed by atoms with E-state index in [1.165, 1.54) is 0 Å². The van der Waals surface area contributed by atoms with Crippen LogP contribution in [0.15, 0.2) is 55.0 Å². The molecule has 8 nitrogen and oxygen atoms in total. The molecule has 9 heteroatoms. The fraction of sp³-hybridized carbons (Fsp3) is 0.280. The number of anilines is 2. The maximum Gasteiger partial charge on any atom is 0.321 e. The van der Waals surface area contributed by atoms with E-state index in [9.17, 15) is 0 Å². The number of halogens is 1. The number of nitrogens with zero attached hydrogens (tertiary/aromatic N) is 6. The van der Waals surface area contributed by atoms with Gasteiger partial charge in [0.1, 0.15) is 11.6 Å². The van der Waals surface area contributed by atoms with Gasteiger partial charge < -0.3 is 18.9 Å². The fourth-order valence-corrected chi connectivity index (χ4v) is 3.57. The number of imidazole rings is 1. The van der Waals surface area contributed by atoms with Crippen LogP contribution < -0.4 is 14.4 Å². The van der Waals surface area contributed by atoms with Crippen LogP contribution in [0.25, 0.3) is 5.69 Å². The third kappa shape index (κ3) is 5.46. The Balaban J connectivity index is 1.66. The van der Waals surface area contributed by atoms with Gasteiger partial charge >= 0.3 is 6.01 Å². The zero-order valence-electron chi connectivity index (χ0n) is 19.9. The second kappa shape index (κ2) is 10.1. The molecule has 176 valence electrons. The van der Waals surface area contributed by atoms with Gasteiger partial charge in [-0.25, -0.2) is 4.98 Å². The van der Waals surface area contributed by atoms with Gasteiger partial charge in [0.05, 0.1) is 30.9 Å². The molecule has 2 aromatic heterocycles. The Morgan fingerprint density at radius 3 is 2.47 bits per heavy atom. The molecule has 0 radical (unpaired) electrons. The molecule has 2 heterocycles. The molecule has 34 heavy (non-hydrogen) atoms. The van der Waals surface area contributed by atoms with E-state index in [2.05, 4.69) is 15.0 Å². The van der Waals surface area contributed by atoms with Crippen LogP contribution in [0.3, 0.4) is 0 Å². The third-order valence-corrected chi connectivity index (χ3v) is 5.35. The molecule has 0 spiro atoms. The number of hydrogen-bond acceptors (Lipinski definition) is 7. The van der Waals surface area contributed by atoms with Crippen molar-refractivity contribution in [1.29, 1.82) is 0 Å². The highest BCUT2D eigenvalue weighted by Crippen LogP contribution is 2.27. The van der Waals surface area contributed by atoms with Crippen molar-refractivity contribution in [3.05, 3.63) is 77.1 Å². The van der Waals surface area contributed by atoms with E-state index in [4.69, 9.17) is 26.1 Å². The summed E-state index contributed by atoms with van der Waals surface area (Å²) in [4.78, 5) is 20.0. The molecule has 0 aliphatic heterocycles. The van der Waals surface area contributed by atoms with Gasteiger partial charge in [-0.05, 0) is 62.7 Å². The molecule has 0 fully saturated rings. The van der Waals surface area contributed by atoms with Crippen LogP contribution in [0.2, 0.25) is 5.02 Å². The van der Waals surface area contributed by atoms with E-state index in [0.29, 0.717) is 23.2 Å². The van der Waals surface area contributed by atoms with E-state index < -0.39 is 0 Å². The van der Waals surface area contributed by atoms with Gasteiger partial charge in [-0.1, -0.05) is 17.7 Å². The average molecular weight is 479 g/mol. The highest BCUT2D eigenvalue weighted by atomic mass is 35.5. The van der Waals surface area contributed by atoms with Crippen LogP contribution in [0.1, 0.15) is 30.9 Å². The Labute approximate surface area is 204 Å². The summed E-state index contributed by atoms with van der Waals surface area (Å²) in [6, 6.07) is 13.8. The summed E-state index contributed by atoms with van der Waals surface area (Å²) in [7, 11) is 3.55. The van der Waals surface area contributed by atoms with Crippen molar-refractivity contribution in [2.45, 2.75) is 33.3 Å². The zero-order valence-corrected chi connectivity index (χ0v) is 20.6. The van der Waals surface area contributed by atoms with Crippen molar-refractivity contribution in [1.82, 2.24) is 24.5 Å². The van der Waals surface area contributed by atoms with Crippen LogP contribution in [-0.2, 0) is 6.42 Å². The Bertz CT molecular complexity index is 1270. The predicted molar refractivity (Wildman–Crippen MR) is 133 cm³/mol. The predicted octanol–water partition coefficient (Wildman–Crippen LogP) is 5.17. The Morgan fingerprint density at radius 2 is 1.82 bits per heavy atom. The first-order chi connectivity index (χ1) is 16.3. The third-order valence-electron chi connectivity index (χ3n) is 5.10. The van der Waals surface area contributed by atoms with Gasteiger partial charge in [0.2, 0.25) is 5.95 Å². The maximum absolute atomic E-state index is 6.04. The molecule has 0 unspecified atom stereocenters. The van der Waals surface area contributed by atoms with Crippen LogP contribution >= 0.6 is 11.6 Å². The minimum Gasteiger partial charge on any atom is -0.495 e. The van der Waals surface area contributed by atoms with Gasteiger partial charge in [0.15, 0.2) is 0 Å². The molecule has 0 saturated carbocycles. The minimum atomic E-state index is -0.0676. The molecular formula is C25H27ClN6O2. The maximum atomic E-state index is 6.04. The number of aromatic nitrogens is 5. The summed E-state index contributed by atoms with van der Waals surface area (Å²) in [5, 5.41) is 0.667. The quantitative estimate of drug-likeness (QED) is 0.345. The highest BCUT2D eigenvalue weighted by Gasteiger charge is 2.15. The van der Waals surface area contributed by atoms with Gasteiger partial charge in [-0.15, -0.1) is 0 Å². The van der Waals surface area contributed by atoms with Crippen LogP contribution in [0.4, 0.5) is 11.6 Å². The number of methoxy groups -OCH3 is 1. The number of benzene rings is 2. The van der Waals surface area contributed by atoms with E-state index in [0.717, 1.165) is 28.4 Å². The number of rotatable bonds is 8. The second-order valence-electron chi connectivity index (χ2n) is 8.14. The van der Waals surface area contributed by atoms with Gasteiger partial charge in [-0.3, -0.25) is 0 Å². The molecular weight excluding hydrogens is 452 g/mol. The smallest absolute Gasteiger partial charge is 0.321 e. The van der Waals surface area contributed by atoms with Crippen LogP contribution in [0, 0.1) is 6.92 Å². The Morgan fingerprint density at radius 1 is 1.06 bits per heavy atom. The lowest BCUT2D eigenvalue weighted by Crippen LogP contribution is -2.17. The zero-order chi connectivity index (χ0) is 24.2. The SMILES string of the molecule is COc1cc(Cc2nc(OC(C)C)nc(N(C)c3ccc(Cl)cc3)n2)ccc1-n1cnc(C)c1. The summed E-state index contributed by atoms with van der Waals surface area (Å²) < 4.78 is 13.4. The molecule has 0 saturated heterocycles. The number of hydrogen-bond donors (Lipinski definition) is 0. The topological polar surface area (TPSA) is 78.2 Å². The standard InChI is InChI=1S/C25H27ClN6O2/c1-16(2)34-25-29-23(28-24(30-25)31(4)20-9-7-19(26)8-10-20)13-18-6-11-21(22(12-18)33-5)32-14-17(3)27-15-32/h6-12,14-16H,13H2,1-5H3. The van der Waals surface area contributed by atoms with Crippen molar-refractivity contribution in [3.63, 3.8) is 0 Å². The molecule has 0 atom stereocenters. The van der Waals surface area contributed by atoms with E-state index in [-0.39, 0.29) is 12.1 Å². The molecule has 0 bridgehead atoms. The van der Waals surface area contributed by atoms with Crippen molar-refractivity contribution in [3.8, 4) is 17.4 Å². The summed E-state index contributed by atoms with van der Waals surface area (Å²) in [6.45, 7) is 5.83. The largest absolute Gasteiger partial charge is 0.495 e. The molecule has 0 amide bonds. The first kappa shape index (κ1) is 23.5. The lowest BCUT2D eigenvalue weighted by molar-refractivity contribution is 0.221. The Hall–Kier alpha value is -3.65. The number of ether oxygens (including phenoxy) is 2. The fourth-order valence-electron chi connectivity index (χ4n) is 3.44. The van der Waals surface area contributed by atoms with Gasteiger partial charge in [-0.2, -0.15) is 15.0 Å². The molecule has 0 aliphatic carbocycles. The second-order valence-corrected chi connectivity index (χ2v) is 8.58. The molecule has 0 aliphatic rings. The van der Waals surface area contributed by atoms with E-state index in [1.807, 2.05) is 85.9 Å². The summed E-state index contributed by atoms with van der Waals surface area (Å²) >= 11 is 6.04. The van der Waals surface area contributed by atoms with Crippen molar-refractivity contribution < 1.29 is 9.47 Å². The molecule has 4 aromatic rings. The van der Waals surface area contributed by atoms with Gasteiger partial charge in [0, 0.05) is 30.4 Å². The summed E-state index contributed by atoms with van der Waals surface area (Å²) in [5.41, 5.74) is 3.75. The minimum absolute atomic E-state index is 0.0676. The van der Waals surface area contributed by atoms with E-state index >= 15 is 0 Å². The highest BCUT2D eigenvalue weighted by molar-refractivity contribution is 6.30. The summed E-state index contributed by atoms with van der Waals surface area (Å²) in [6.07, 6.45) is 4.14. The lowest BCUT2D eigenvalue weighted by atomic mass is 10.1. The average Bonchev–Trinajstić information content (AvgIpc) is 3.24. The van der Waals surface area contributed by atoms with E-state index in [1.54, 1.807) is 13.4 Å². The first-order valence-electron chi connectivity index (χ1n) is 10.9. The normalized spacial score (nSPS) is 11.0. The molecule has 4 rings (SSSR count). The monoisotopic (exact) mass is 478 g/mol. The van der Waals surface area contributed by atoms with Crippen LogP contribution in [0.5, 0.6) is 11.8 Å². The lowest BCUT2D eigenvalue weighted by Gasteiger charge is -2.19. The first-order valence-corrected chi connectivity index (χ1v) is 11.3. The molecule has 0 N–H and O–H groups in total. The summed E-state index contributed by atoms with van der Waals surface area (Å²) in [5.74, 6) is 1.82.